The van der Waals surface area contributed by atoms with E-state index in [1.807, 2.05) is 30.5 Å². The minimum absolute atomic E-state index is 0.104. The van der Waals surface area contributed by atoms with Gasteiger partial charge < -0.3 is 10.1 Å². The SMILES string of the molecule is COc1ccc(C(=O)NCc2cccc(-c3nc(C)cs3)c2)cc1. The molecular formula is C19H18N2O2S. The Bertz CT molecular complexity index is 841. The molecule has 0 saturated heterocycles. The van der Waals surface area contributed by atoms with Gasteiger partial charge in [-0.2, -0.15) is 0 Å². The standard InChI is InChI=1S/C19H18N2O2S/c1-13-12-24-19(21-13)16-5-3-4-14(10-16)11-20-18(22)15-6-8-17(23-2)9-7-15/h3-10,12H,11H2,1-2H3,(H,20,22). The molecule has 0 radical (unpaired) electrons. The molecule has 1 aromatic heterocycles. The average Bonchev–Trinajstić information content (AvgIpc) is 3.06. The zero-order valence-corrected chi connectivity index (χ0v) is 14.4. The number of amides is 1. The molecule has 1 N–H and O–H groups in total. The minimum Gasteiger partial charge on any atom is -0.497 e. The van der Waals surface area contributed by atoms with Gasteiger partial charge in [-0.25, -0.2) is 4.98 Å². The summed E-state index contributed by atoms with van der Waals surface area (Å²) in [7, 11) is 1.60. The van der Waals surface area contributed by atoms with Gasteiger partial charge in [0.2, 0.25) is 0 Å². The van der Waals surface area contributed by atoms with E-state index in [1.54, 1.807) is 42.7 Å². The molecule has 0 unspecified atom stereocenters. The van der Waals surface area contributed by atoms with Crippen LogP contribution in [-0.2, 0) is 6.54 Å². The third-order valence-electron chi connectivity index (χ3n) is 3.60. The zero-order chi connectivity index (χ0) is 16.9. The van der Waals surface area contributed by atoms with Crippen molar-refractivity contribution in [3.05, 3.63) is 70.7 Å². The Kier molecular flexibility index (Phi) is 4.91. The summed E-state index contributed by atoms with van der Waals surface area (Å²) < 4.78 is 5.10. The molecule has 5 heteroatoms. The second-order valence-corrected chi connectivity index (χ2v) is 6.26. The molecule has 3 aromatic rings. The molecule has 0 atom stereocenters. The number of carbonyl (C=O) groups is 1. The third-order valence-corrected chi connectivity index (χ3v) is 4.61. The van der Waals surface area contributed by atoms with Crippen molar-refractivity contribution in [2.24, 2.45) is 0 Å². The van der Waals surface area contributed by atoms with Crippen molar-refractivity contribution in [3.8, 4) is 16.3 Å². The number of methoxy groups -OCH3 is 1. The minimum atomic E-state index is -0.104. The van der Waals surface area contributed by atoms with Gasteiger partial charge in [0.25, 0.3) is 5.91 Å². The number of ether oxygens (including phenoxy) is 1. The summed E-state index contributed by atoms with van der Waals surface area (Å²) in [5, 5.41) is 5.97. The summed E-state index contributed by atoms with van der Waals surface area (Å²) in [4.78, 5) is 16.7. The highest BCUT2D eigenvalue weighted by molar-refractivity contribution is 7.13. The maximum Gasteiger partial charge on any atom is 0.251 e. The van der Waals surface area contributed by atoms with E-state index in [1.165, 1.54) is 0 Å². The van der Waals surface area contributed by atoms with E-state index in [0.29, 0.717) is 12.1 Å². The van der Waals surface area contributed by atoms with Crippen LogP contribution in [0, 0.1) is 6.92 Å². The van der Waals surface area contributed by atoms with Crippen molar-refractivity contribution in [1.82, 2.24) is 10.3 Å². The molecule has 0 bridgehead atoms. The first-order valence-corrected chi connectivity index (χ1v) is 8.47. The van der Waals surface area contributed by atoms with Gasteiger partial charge in [-0.3, -0.25) is 4.79 Å². The van der Waals surface area contributed by atoms with Crippen molar-refractivity contribution in [2.75, 3.05) is 7.11 Å². The number of aryl methyl sites for hydroxylation is 1. The van der Waals surface area contributed by atoms with Crippen molar-refractivity contribution in [3.63, 3.8) is 0 Å². The topological polar surface area (TPSA) is 51.2 Å². The lowest BCUT2D eigenvalue weighted by atomic mass is 10.1. The lowest BCUT2D eigenvalue weighted by Gasteiger charge is -2.07. The van der Waals surface area contributed by atoms with Crippen LogP contribution in [0.4, 0.5) is 0 Å². The number of aromatic nitrogens is 1. The molecule has 24 heavy (non-hydrogen) atoms. The molecule has 2 aromatic carbocycles. The lowest BCUT2D eigenvalue weighted by Crippen LogP contribution is -2.22. The van der Waals surface area contributed by atoms with Gasteiger partial charge in [0, 0.05) is 28.7 Å². The first-order valence-electron chi connectivity index (χ1n) is 7.59. The number of nitrogens with one attached hydrogen (secondary N) is 1. The number of benzene rings is 2. The summed E-state index contributed by atoms with van der Waals surface area (Å²) in [5.41, 5.74) is 3.75. The van der Waals surface area contributed by atoms with Crippen LogP contribution < -0.4 is 10.1 Å². The summed E-state index contributed by atoms with van der Waals surface area (Å²) in [6.07, 6.45) is 0. The highest BCUT2D eigenvalue weighted by Gasteiger charge is 2.07. The van der Waals surface area contributed by atoms with E-state index in [0.717, 1.165) is 27.6 Å². The number of thiazole rings is 1. The molecule has 0 saturated carbocycles. The molecule has 0 aliphatic rings. The largest absolute Gasteiger partial charge is 0.497 e. The summed E-state index contributed by atoms with van der Waals surface area (Å²) >= 11 is 1.63. The number of nitrogens with zero attached hydrogens (tertiary/aromatic N) is 1. The first-order chi connectivity index (χ1) is 11.7. The Hall–Kier alpha value is -2.66. The number of hydrogen-bond donors (Lipinski definition) is 1. The summed E-state index contributed by atoms with van der Waals surface area (Å²) in [6.45, 7) is 2.46. The van der Waals surface area contributed by atoms with Crippen molar-refractivity contribution in [2.45, 2.75) is 13.5 Å². The lowest BCUT2D eigenvalue weighted by molar-refractivity contribution is 0.0951. The maximum atomic E-state index is 12.2. The molecule has 0 aliphatic carbocycles. The highest BCUT2D eigenvalue weighted by atomic mass is 32.1. The number of rotatable bonds is 5. The molecule has 1 heterocycles. The van der Waals surface area contributed by atoms with E-state index in [-0.39, 0.29) is 5.91 Å². The monoisotopic (exact) mass is 338 g/mol. The van der Waals surface area contributed by atoms with E-state index >= 15 is 0 Å². The smallest absolute Gasteiger partial charge is 0.251 e. The highest BCUT2D eigenvalue weighted by Crippen LogP contribution is 2.24. The molecule has 1 amide bonds. The Labute approximate surface area is 145 Å². The van der Waals surface area contributed by atoms with Crippen LogP contribution >= 0.6 is 11.3 Å². The third kappa shape index (κ3) is 3.81. The second-order valence-electron chi connectivity index (χ2n) is 5.41. The van der Waals surface area contributed by atoms with E-state index < -0.39 is 0 Å². The van der Waals surface area contributed by atoms with Crippen molar-refractivity contribution >= 4 is 17.2 Å². The van der Waals surface area contributed by atoms with E-state index in [4.69, 9.17) is 4.74 Å². The normalized spacial score (nSPS) is 10.4. The van der Waals surface area contributed by atoms with Crippen molar-refractivity contribution in [1.29, 1.82) is 0 Å². The fourth-order valence-corrected chi connectivity index (χ4v) is 3.12. The zero-order valence-electron chi connectivity index (χ0n) is 13.6. The van der Waals surface area contributed by atoms with Gasteiger partial charge in [0.1, 0.15) is 10.8 Å². The van der Waals surface area contributed by atoms with Gasteiger partial charge in [-0.05, 0) is 42.8 Å². The van der Waals surface area contributed by atoms with Crippen LogP contribution in [0.1, 0.15) is 21.6 Å². The fraction of sp³-hybridized carbons (Fsp3) is 0.158. The molecular weight excluding hydrogens is 320 g/mol. The maximum absolute atomic E-state index is 12.2. The van der Waals surface area contributed by atoms with Gasteiger partial charge >= 0.3 is 0 Å². The van der Waals surface area contributed by atoms with Crippen LogP contribution in [0.2, 0.25) is 0 Å². The average molecular weight is 338 g/mol. The summed E-state index contributed by atoms with van der Waals surface area (Å²) in [6, 6.07) is 15.1. The van der Waals surface area contributed by atoms with E-state index in [9.17, 15) is 4.79 Å². The van der Waals surface area contributed by atoms with Gasteiger partial charge in [-0.1, -0.05) is 18.2 Å². The quantitative estimate of drug-likeness (QED) is 0.763. The van der Waals surface area contributed by atoms with Gasteiger partial charge in [0.05, 0.1) is 7.11 Å². The van der Waals surface area contributed by atoms with Crippen molar-refractivity contribution < 1.29 is 9.53 Å². The van der Waals surface area contributed by atoms with Crippen LogP contribution in [0.25, 0.3) is 10.6 Å². The predicted molar refractivity (Wildman–Crippen MR) is 96.5 cm³/mol. The number of hydrogen-bond acceptors (Lipinski definition) is 4. The molecule has 0 aliphatic heterocycles. The molecule has 3 rings (SSSR count). The molecule has 0 fully saturated rings. The summed E-state index contributed by atoms with van der Waals surface area (Å²) in [5.74, 6) is 0.631. The predicted octanol–water partition coefficient (Wildman–Crippen LogP) is 4.06. The Morgan fingerprint density at radius 2 is 2.00 bits per heavy atom. The first kappa shape index (κ1) is 16.2. The number of carbonyl (C=O) groups excluding carboxylic acids is 1. The Morgan fingerprint density at radius 1 is 1.21 bits per heavy atom. The van der Waals surface area contributed by atoms with Gasteiger partial charge in [-0.15, -0.1) is 11.3 Å². The van der Waals surface area contributed by atoms with Crippen LogP contribution in [0.15, 0.2) is 53.9 Å². The molecule has 4 nitrogen and oxygen atoms in total. The Balaban J connectivity index is 1.66. The van der Waals surface area contributed by atoms with Crippen LogP contribution in [0.5, 0.6) is 5.75 Å². The van der Waals surface area contributed by atoms with Gasteiger partial charge in [0.15, 0.2) is 0 Å². The van der Waals surface area contributed by atoms with E-state index in [2.05, 4.69) is 16.4 Å². The second kappa shape index (κ2) is 7.27. The molecule has 122 valence electrons. The van der Waals surface area contributed by atoms with Crippen LogP contribution in [0.3, 0.4) is 0 Å². The van der Waals surface area contributed by atoms with Crippen LogP contribution in [-0.4, -0.2) is 18.0 Å². The fourth-order valence-electron chi connectivity index (χ4n) is 2.33. The molecule has 0 spiro atoms. The Morgan fingerprint density at radius 3 is 2.67 bits per heavy atom.